The van der Waals surface area contributed by atoms with Crippen LogP contribution in [-0.4, -0.2) is 51.0 Å². The number of fused-ring (bicyclic) bond motifs is 1. The van der Waals surface area contributed by atoms with Crippen LogP contribution in [0.15, 0.2) is 36.4 Å². The summed E-state index contributed by atoms with van der Waals surface area (Å²) in [4.78, 5) is 50.2. The number of carbonyl (C=O) groups is 4. The maximum Gasteiger partial charge on any atom is 0.316 e. The Labute approximate surface area is 209 Å². The van der Waals surface area contributed by atoms with Crippen molar-refractivity contribution in [1.29, 1.82) is 0 Å². The highest BCUT2D eigenvalue weighted by Gasteiger charge is 2.34. The third-order valence-electron chi connectivity index (χ3n) is 5.67. The van der Waals surface area contributed by atoms with Gasteiger partial charge in [0.1, 0.15) is 12.4 Å². The Balaban J connectivity index is 1.49. The normalized spacial score (nSPS) is 12.8. The number of hydrogen-bond acceptors (Lipinski definition) is 5. The maximum atomic E-state index is 14.1. The van der Waals surface area contributed by atoms with E-state index in [1.165, 1.54) is 27.8 Å². The molecule has 13 heteroatoms. The van der Waals surface area contributed by atoms with Gasteiger partial charge in [0.25, 0.3) is 5.91 Å². The maximum absolute atomic E-state index is 14.1. The summed E-state index contributed by atoms with van der Waals surface area (Å²) in [6.07, 6.45) is 1.49. The molecule has 0 unspecified atom stereocenters. The zero-order chi connectivity index (χ0) is 26.0. The van der Waals surface area contributed by atoms with Crippen molar-refractivity contribution in [3.8, 4) is 0 Å². The van der Waals surface area contributed by atoms with Crippen molar-refractivity contribution in [3.63, 3.8) is 0 Å². The van der Waals surface area contributed by atoms with Crippen molar-refractivity contribution in [1.82, 2.24) is 20.0 Å². The average Bonchev–Trinajstić information content (AvgIpc) is 3.60. The number of urea groups is 1. The SMILES string of the molecule is NC(=O)Nc1ccc2c(c1)c(C(N)=O)nn2CC(=O)N(CC(=O)NCc1cccc(Cl)c1F)C1CC1. The number of benzene rings is 2. The molecule has 5 amide bonds. The minimum Gasteiger partial charge on any atom is -0.364 e. The van der Waals surface area contributed by atoms with Crippen molar-refractivity contribution >= 4 is 51.9 Å². The molecule has 188 valence electrons. The van der Waals surface area contributed by atoms with Crippen molar-refractivity contribution in [2.75, 3.05) is 11.9 Å². The third kappa shape index (κ3) is 5.54. The Bertz CT molecular complexity index is 1370. The number of amides is 5. The highest BCUT2D eigenvalue weighted by Crippen LogP contribution is 2.28. The minimum atomic E-state index is -0.811. The second-order valence-electron chi connectivity index (χ2n) is 8.33. The molecule has 11 nitrogen and oxygen atoms in total. The second-order valence-corrected chi connectivity index (χ2v) is 8.74. The van der Waals surface area contributed by atoms with E-state index in [-0.39, 0.29) is 47.9 Å². The lowest BCUT2D eigenvalue weighted by atomic mass is 10.2. The number of primary amides is 2. The van der Waals surface area contributed by atoms with E-state index < -0.39 is 23.7 Å². The summed E-state index contributed by atoms with van der Waals surface area (Å²) in [5.74, 6) is -2.27. The van der Waals surface area contributed by atoms with Crippen LogP contribution in [0.1, 0.15) is 28.9 Å². The number of nitrogens with zero attached hydrogens (tertiary/aromatic N) is 3. The molecule has 2 aromatic carbocycles. The van der Waals surface area contributed by atoms with Gasteiger partial charge in [0.15, 0.2) is 5.69 Å². The summed E-state index contributed by atoms with van der Waals surface area (Å²) in [6.45, 7) is -0.551. The van der Waals surface area contributed by atoms with Gasteiger partial charge in [-0.2, -0.15) is 5.10 Å². The van der Waals surface area contributed by atoms with E-state index in [0.717, 1.165) is 12.8 Å². The molecular weight excluding hydrogens is 493 g/mol. The van der Waals surface area contributed by atoms with Gasteiger partial charge in [-0.15, -0.1) is 0 Å². The van der Waals surface area contributed by atoms with Crippen LogP contribution < -0.4 is 22.1 Å². The summed E-state index contributed by atoms with van der Waals surface area (Å²) in [7, 11) is 0. The lowest BCUT2D eigenvalue weighted by molar-refractivity contribution is -0.137. The molecule has 1 aliphatic carbocycles. The van der Waals surface area contributed by atoms with Gasteiger partial charge < -0.3 is 27.0 Å². The summed E-state index contributed by atoms with van der Waals surface area (Å²) in [5.41, 5.74) is 11.5. The number of anilines is 1. The lowest BCUT2D eigenvalue weighted by Crippen LogP contribution is -2.43. The first-order valence-electron chi connectivity index (χ1n) is 11.0. The molecule has 4 rings (SSSR count). The number of carbonyl (C=O) groups excluding carboxylic acids is 4. The van der Waals surface area contributed by atoms with Crippen LogP contribution in [0.2, 0.25) is 5.02 Å². The molecule has 3 aromatic rings. The van der Waals surface area contributed by atoms with E-state index in [9.17, 15) is 23.6 Å². The van der Waals surface area contributed by atoms with Crippen LogP contribution in [-0.2, 0) is 22.7 Å². The molecule has 36 heavy (non-hydrogen) atoms. The van der Waals surface area contributed by atoms with Gasteiger partial charge >= 0.3 is 6.03 Å². The number of nitrogens with two attached hydrogens (primary N) is 2. The Hall–Kier alpha value is -4.19. The fraction of sp³-hybridized carbons (Fsp3) is 0.261. The number of hydrogen-bond donors (Lipinski definition) is 4. The standard InChI is InChI=1S/C23H23ClFN7O4/c24-16-3-1-2-12(20(16)25)9-28-18(33)10-31(14-5-6-14)19(34)11-32-17-7-4-13(29-23(27)36)8-15(17)21(30-32)22(26)35/h1-4,7-8,14H,5-6,9-11H2,(H2,26,35)(H,28,33)(H3,27,29,36). The highest BCUT2D eigenvalue weighted by molar-refractivity contribution is 6.30. The minimum absolute atomic E-state index is 0.0455. The molecule has 0 bridgehead atoms. The van der Waals surface area contributed by atoms with E-state index >= 15 is 0 Å². The average molecular weight is 516 g/mol. The molecule has 1 heterocycles. The van der Waals surface area contributed by atoms with E-state index in [2.05, 4.69) is 15.7 Å². The van der Waals surface area contributed by atoms with Crippen molar-refractivity contribution < 1.29 is 23.6 Å². The molecular formula is C23H23ClFN7O4. The van der Waals surface area contributed by atoms with Crippen LogP contribution >= 0.6 is 11.6 Å². The molecule has 0 radical (unpaired) electrons. The Morgan fingerprint density at radius 3 is 2.58 bits per heavy atom. The third-order valence-corrected chi connectivity index (χ3v) is 5.96. The summed E-state index contributed by atoms with van der Waals surface area (Å²) in [6, 6.07) is 8.21. The summed E-state index contributed by atoms with van der Waals surface area (Å²) >= 11 is 5.77. The number of nitrogens with one attached hydrogen (secondary N) is 2. The summed E-state index contributed by atoms with van der Waals surface area (Å²) < 4.78 is 15.4. The van der Waals surface area contributed by atoms with Gasteiger partial charge in [0.2, 0.25) is 11.8 Å². The molecule has 1 fully saturated rings. The van der Waals surface area contributed by atoms with Gasteiger partial charge in [-0.05, 0) is 37.1 Å². The topological polar surface area (TPSA) is 165 Å². The Kier molecular flexibility index (Phi) is 7.06. The van der Waals surface area contributed by atoms with E-state index in [1.54, 1.807) is 18.2 Å². The monoisotopic (exact) mass is 515 g/mol. The van der Waals surface area contributed by atoms with Crippen molar-refractivity contribution in [2.24, 2.45) is 11.5 Å². The van der Waals surface area contributed by atoms with Crippen molar-refractivity contribution in [3.05, 3.63) is 58.5 Å². The number of halogens is 2. The second kappa shape index (κ2) is 10.2. The zero-order valence-electron chi connectivity index (χ0n) is 19.0. The first kappa shape index (κ1) is 24.9. The summed E-state index contributed by atoms with van der Waals surface area (Å²) in [5, 5.41) is 9.48. The predicted octanol–water partition coefficient (Wildman–Crippen LogP) is 1.73. The van der Waals surface area contributed by atoms with Gasteiger partial charge in [-0.1, -0.05) is 23.7 Å². The van der Waals surface area contributed by atoms with Crippen LogP contribution in [0, 0.1) is 5.82 Å². The molecule has 0 aliphatic heterocycles. The van der Waals surface area contributed by atoms with E-state index in [1.807, 2.05) is 0 Å². The fourth-order valence-electron chi connectivity index (χ4n) is 3.82. The molecule has 1 saturated carbocycles. The van der Waals surface area contributed by atoms with E-state index in [4.69, 9.17) is 23.1 Å². The zero-order valence-corrected chi connectivity index (χ0v) is 19.7. The molecule has 0 atom stereocenters. The quantitative estimate of drug-likeness (QED) is 0.340. The van der Waals surface area contributed by atoms with Crippen LogP contribution in [0.5, 0.6) is 0 Å². The molecule has 0 spiro atoms. The number of rotatable bonds is 9. The molecule has 1 aliphatic rings. The Morgan fingerprint density at radius 1 is 1.17 bits per heavy atom. The number of aromatic nitrogens is 2. The van der Waals surface area contributed by atoms with Crippen LogP contribution in [0.25, 0.3) is 10.9 Å². The van der Waals surface area contributed by atoms with Crippen molar-refractivity contribution in [2.45, 2.75) is 32.0 Å². The smallest absolute Gasteiger partial charge is 0.316 e. The largest absolute Gasteiger partial charge is 0.364 e. The van der Waals surface area contributed by atoms with Crippen LogP contribution in [0.3, 0.4) is 0 Å². The van der Waals surface area contributed by atoms with Gasteiger partial charge in [0, 0.05) is 29.2 Å². The first-order chi connectivity index (χ1) is 17.1. The molecule has 6 N–H and O–H groups in total. The Morgan fingerprint density at radius 2 is 1.92 bits per heavy atom. The van der Waals surface area contributed by atoms with Gasteiger partial charge in [0.05, 0.1) is 17.1 Å². The molecule has 0 saturated heterocycles. The van der Waals surface area contributed by atoms with E-state index in [0.29, 0.717) is 16.6 Å². The highest BCUT2D eigenvalue weighted by atomic mass is 35.5. The van der Waals surface area contributed by atoms with Gasteiger partial charge in [-0.3, -0.25) is 19.1 Å². The lowest BCUT2D eigenvalue weighted by Gasteiger charge is -2.22. The fourth-order valence-corrected chi connectivity index (χ4v) is 4.01. The van der Waals surface area contributed by atoms with Gasteiger partial charge in [-0.25, -0.2) is 9.18 Å². The molecule has 1 aromatic heterocycles. The first-order valence-corrected chi connectivity index (χ1v) is 11.4. The van der Waals surface area contributed by atoms with Crippen LogP contribution in [0.4, 0.5) is 14.9 Å². The predicted molar refractivity (Wildman–Crippen MR) is 129 cm³/mol.